The number of hydrogen-bond donors (Lipinski definition) is 0. The molecule has 0 aromatic heterocycles. The van der Waals surface area contributed by atoms with Gasteiger partial charge in [0.2, 0.25) is 0 Å². The van der Waals surface area contributed by atoms with Gasteiger partial charge in [-0.3, -0.25) is 4.99 Å². The molecule has 2 aliphatic heterocycles. The van der Waals surface area contributed by atoms with E-state index in [1.807, 2.05) is 0 Å². The quantitative estimate of drug-likeness (QED) is 0.819. The first-order valence-electron chi connectivity index (χ1n) is 6.78. The maximum atomic E-state index is 4.61. The molecule has 0 saturated heterocycles. The van der Waals surface area contributed by atoms with E-state index in [-0.39, 0.29) is 12.4 Å². The van der Waals surface area contributed by atoms with E-state index in [0.717, 1.165) is 18.3 Å². The number of halogens is 1. The third kappa shape index (κ3) is 2.47. The Hall–Kier alpha value is -1.71. The van der Waals surface area contributed by atoms with Gasteiger partial charge in [-0.1, -0.05) is 60.7 Å². The zero-order valence-electron chi connectivity index (χ0n) is 11.4. The number of aliphatic imine (C=N–C) groups is 1. The molecule has 2 aromatic rings. The van der Waals surface area contributed by atoms with Gasteiger partial charge in [0.25, 0.3) is 0 Å². The smallest absolute Gasteiger partial charge is 0.168 e. The summed E-state index contributed by atoms with van der Waals surface area (Å²) in [4.78, 5) is 8.28. The number of thioether (sulfide) groups is 1. The summed E-state index contributed by atoms with van der Waals surface area (Å²) < 4.78 is 0. The number of hydrogen-bond acceptors (Lipinski definition) is 3. The lowest BCUT2D eigenvalue weighted by atomic mass is 10.1. The SMILES string of the molecule is Cl.c1ccc(C2=C(c3ccccc3)N3CCN=C3S2)cc1. The lowest BCUT2D eigenvalue weighted by Gasteiger charge is -2.17. The summed E-state index contributed by atoms with van der Waals surface area (Å²) in [7, 11) is 0. The molecule has 0 bridgehead atoms. The Kier molecular flexibility index (Phi) is 4.04. The van der Waals surface area contributed by atoms with Crippen molar-refractivity contribution in [3.8, 4) is 0 Å². The van der Waals surface area contributed by atoms with E-state index in [2.05, 4.69) is 70.6 Å². The van der Waals surface area contributed by atoms with Crippen LogP contribution >= 0.6 is 24.2 Å². The summed E-state index contributed by atoms with van der Waals surface area (Å²) in [6.45, 7) is 1.89. The molecule has 0 N–H and O–H groups in total. The summed E-state index contributed by atoms with van der Waals surface area (Å²) in [5, 5.41) is 1.14. The fraction of sp³-hybridized carbons (Fsp3) is 0.118. The molecule has 0 fully saturated rings. The molecule has 2 nitrogen and oxygen atoms in total. The van der Waals surface area contributed by atoms with E-state index in [0.29, 0.717) is 0 Å². The van der Waals surface area contributed by atoms with Gasteiger partial charge < -0.3 is 4.90 Å². The standard InChI is InChI=1S/C17H14N2S.ClH/c1-3-7-13(8-4-1)15-16(14-9-5-2-6-10-14)20-17-18-11-12-19(15)17;/h1-10H,11-12H2;1H. The molecule has 0 aliphatic carbocycles. The number of benzene rings is 2. The van der Waals surface area contributed by atoms with Crippen LogP contribution in [0.1, 0.15) is 11.1 Å². The van der Waals surface area contributed by atoms with Crippen LogP contribution < -0.4 is 0 Å². The second-order valence-electron chi connectivity index (χ2n) is 4.83. The van der Waals surface area contributed by atoms with Crippen LogP contribution in [0.2, 0.25) is 0 Å². The van der Waals surface area contributed by atoms with E-state index in [4.69, 9.17) is 0 Å². The van der Waals surface area contributed by atoms with Crippen molar-refractivity contribution in [2.75, 3.05) is 13.1 Å². The minimum Gasteiger partial charge on any atom is -0.317 e. The highest BCUT2D eigenvalue weighted by atomic mass is 35.5. The third-order valence-corrected chi connectivity index (χ3v) is 4.73. The van der Waals surface area contributed by atoms with Crippen LogP contribution in [0.15, 0.2) is 65.7 Å². The van der Waals surface area contributed by atoms with Crippen molar-refractivity contribution >= 4 is 39.9 Å². The first kappa shape index (κ1) is 14.2. The molecule has 106 valence electrons. The topological polar surface area (TPSA) is 15.6 Å². The van der Waals surface area contributed by atoms with Gasteiger partial charge in [0, 0.05) is 11.4 Å². The molecule has 0 spiro atoms. The van der Waals surface area contributed by atoms with Gasteiger partial charge in [0.1, 0.15) is 0 Å². The van der Waals surface area contributed by atoms with Crippen LogP contribution in [0.5, 0.6) is 0 Å². The van der Waals surface area contributed by atoms with Crippen LogP contribution in [-0.2, 0) is 0 Å². The Labute approximate surface area is 135 Å². The van der Waals surface area contributed by atoms with Crippen molar-refractivity contribution in [1.82, 2.24) is 4.90 Å². The second-order valence-corrected chi connectivity index (χ2v) is 5.81. The molecule has 4 heteroatoms. The van der Waals surface area contributed by atoms with Crippen molar-refractivity contribution in [1.29, 1.82) is 0 Å². The number of amidine groups is 1. The first-order chi connectivity index (χ1) is 9.93. The Balaban J connectivity index is 0.00000132. The fourth-order valence-corrected chi connectivity index (χ4v) is 3.86. The normalized spacial score (nSPS) is 16.6. The van der Waals surface area contributed by atoms with Crippen molar-refractivity contribution < 1.29 is 0 Å². The van der Waals surface area contributed by atoms with Gasteiger partial charge in [0.05, 0.1) is 12.2 Å². The fourth-order valence-electron chi connectivity index (χ4n) is 2.65. The maximum absolute atomic E-state index is 4.61. The molecule has 2 aromatic carbocycles. The molecule has 0 unspecified atom stereocenters. The summed E-state index contributed by atoms with van der Waals surface area (Å²) in [6.07, 6.45) is 0. The van der Waals surface area contributed by atoms with E-state index in [1.165, 1.54) is 21.7 Å². The van der Waals surface area contributed by atoms with E-state index in [1.54, 1.807) is 11.8 Å². The largest absolute Gasteiger partial charge is 0.317 e. The predicted molar refractivity (Wildman–Crippen MR) is 93.5 cm³/mol. The van der Waals surface area contributed by atoms with Gasteiger partial charge >= 0.3 is 0 Å². The molecular weight excluding hydrogens is 300 g/mol. The molecule has 0 radical (unpaired) electrons. The van der Waals surface area contributed by atoms with E-state index in [9.17, 15) is 0 Å². The third-order valence-electron chi connectivity index (χ3n) is 3.56. The summed E-state index contributed by atoms with van der Waals surface area (Å²) in [6, 6.07) is 21.2. The van der Waals surface area contributed by atoms with Crippen molar-refractivity contribution in [3.05, 3.63) is 71.8 Å². The number of nitrogens with zero attached hydrogens (tertiary/aromatic N) is 2. The van der Waals surface area contributed by atoms with Crippen molar-refractivity contribution in [2.24, 2.45) is 4.99 Å². The first-order valence-corrected chi connectivity index (χ1v) is 7.60. The van der Waals surface area contributed by atoms with Crippen molar-refractivity contribution in [3.63, 3.8) is 0 Å². The molecule has 4 rings (SSSR count). The minimum absolute atomic E-state index is 0. The highest BCUT2D eigenvalue weighted by Gasteiger charge is 2.33. The monoisotopic (exact) mass is 314 g/mol. The van der Waals surface area contributed by atoms with Gasteiger partial charge in [-0.2, -0.15) is 0 Å². The van der Waals surface area contributed by atoms with Crippen LogP contribution in [0, 0.1) is 0 Å². The molecule has 0 saturated carbocycles. The summed E-state index contributed by atoms with van der Waals surface area (Å²) in [5.74, 6) is 0. The Morgan fingerprint density at radius 1 is 0.857 bits per heavy atom. The average Bonchev–Trinajstić information content (AvgIpc) is 3.09. The lowest BCUT2D eigenvalue weighted by Crippen LogP contribution is -2.19. The minimum atomic E-state index is 0. The predicted octanol–water partition coefficient (Wildman–Crippen LogP) is 4.35. The molecule has 0 atom stereocenters. The van der Waals surface area contributed by atoms with Gasteiger partial charge in [-0.05, 0) is 22.9 Å². The van der Waals surface area contributed by atoms with Crippen LogP contribution in [0.25, 0.3) is 10.6 Å². The maximum Gasteiger partial charge on any atom is 0.168 e. The number of fused-ring (bicyclic) bond motifs is 1. The molecule has 21 heavy (non-hydrogen) atoms. The zero-order valence-corrected chi connectivity index (χ0v) is 13.0. The van der Waals surface area contributed by atoms with E-state index < -0.39 is 0 Å². The van der Waals surface area contributed by atoms with Gasteiger partial charge in [-0.15, -0.1) is 12.4 Å². The van der Waals surface area contributed by atoms with Gasteiger partial charge in [0.15, 0.2) is 5.17 Å². The highest BCUT2D eigenvalue weighted by Crippen LogP contribution is 2.46. The molecule has 0 amide bonds. The second kappa shape index (κ2) is 5.96. The van der Waals surface area contributed by atoms with Crippen LogP contribution in [0.4, 0.5) is 0 Å². The Bertz CT molecular complexity index is 695. The Morgan fingerprint density at radius 3 is 2.14 bits per heavy atom. The zero-order chi connectivity index (χ0) is 13.4. The Morgan fingerprint density at radius 2 is 1.48 bits per heavy atom. The molecule has 2 aliphatic rings. The molecule has 2 heterocycles. The average molecular weight is 315 g/mol. The van der Waals surface area contributed by atoms with E-state index >= 15 is 0 Å². The highest BCUT2D eigenvalue weighted by molar-refractivity contribution is 8.22. The van der Waals surface area contributed by atoms with Crippen molar-refractivity contribution in [2.45, 2.75) is 0 Å². The summed E-state index contributed by atoms with van der Waals surface area (Å²) in [5.41, 5.74) is 3.84. The van der Waals surface area contributed by atoms with Gasteiger partial charge in [-0.25, -0.2) is 0 Å². The summed E-state index contributed by atoms with van der Waals surface area (Å²) >= 11 is 1.79. The molecular formula is C17H15ClN2S. The van der Waals surface area contributed by atoms with Crippen LogP contribution in [-0.4, -0.2) is 23.2 Å². The van der Waals surface area contributed by atoms with Crippen LogP contribution in [0.3, 0.4) is 0 Å². The number of rotatable bonds is 2. The lowest BCUT2D eigenvalue weighted by molar-refractivity contribution is 0.651.